The zero-order valence-corrected chi connectivity index (χ0v) is 14.3. The highest BCUT2D eigenvalue weighted by Crippen LogP contribution is 2.28. The van der Waals surface area contributed by atoms with Gasteiger partial charge in [0.1, 0.15) is 5.82 Å². The van der Waals surface area contributed by atoms with Crippen LogP contribution in [0.2, 0.25) is 0 Å². The van der Waals surface area contributed by atoms with Crippen molar-refractivity contribution in [1.29, 1.82) is 0 Å². The normalized spacial score (nSPS) is 13.5. The fraction of sp³-hybridized carbons (Fsp3) is 0.250. The maximum Gasteiger partial charge on any atom is 0.239 e. The molecule has 2 amide bonds. The molecular formula is C20H20N4O2. The summed E-state index contributed by atoms with van der Waals surface area (Å²) in [6.45, 7) is 0.463. The van der Waals surface area contributed by atoms with E-state index in [9.17, 15) is 9.59 Å². The number of hydrogen-bond acceptors (Lipinski definition) is 3. The summed E-state index contributed by atoms with van der Waals surface area (Å²) in [6, 6.07) is 15.8. The Bertz CT molecular complexity index is 909. The molecule has 26 heavy (non-hydrogen) atoms. The van der Waals surface area contributed by atoms with E-state index in [0.717, 1.165) is 40.8 Å². The Hall–Kier alpha value is -3.15. The fourth-order valence-corrected chi connectivity index (χ4v) is 2.79. The molecule has 3 aromatic rings. The van der Waals surface area contributed by atoms with Crippen LogP contribution in [0.3, 0.4) is 0 Å². The number of nitrogens with zero attached hydrogens (tertiary/aromatic N) is 1. The maximum atomic E-state index is 11.8. The Morgan fingerprint density at radius 2 is 1.81 bits per heavy atom. The van der Waals surface area contributed by atoms with Crippen molar-refractivity contribution in [2.45, 2.75) is 19.4 Å². The van der Waals surface area contributed by atoms with E-state index in [1.54, 1.807) is 0 Å². The van der Waals surface area contributed by atoms with E-state index in [2.05, 4.69) is 20.6 Å². The number of H-pyrrole nitrogens is 1. The van der Waals surface area contributed by atoms with Gasteiger partial charge in [-0.2, -0.15) is 0 Å². The van der Waals surface area contributed by atoms with Crippen LogP contribution in [0.4, 0.5) is 0 Å². The summed E-state index contributed by atoms with van der Waals surface area (Å²) in [5.41, 5.74) is 3.93. The van der Waals surface area contributed by atoms with Crippen molar-refractivity contribution in [2.24, 2.45) is 5.92 Å². The standard InChI is InChI=1S/C20H20N4O2/c25-18(12-22-20(26)15-9-10-15)21-11-13-5-7-14(8-6-13)19-23-16-3-1-2-4-17(16)24-19/h1-8,15H,9-12H2,(H,21,25)(H,22,26)(H,23,24). The zero-order chi connectivity index (χ0) is 17.9. The molecule has 1 aliphatic rings. The molecule has 0 spiro atoms. The van der Waals surface area contributed by atoms with Crippen LogP contribution < -0.4 is 10.6 Å². The number of aromatic amines is 1. The topological polar surface area (TPSA) is 86.9 Å². The molecule has 1 aliphatic carbocycles. The van der Waals surface area contributed by atoms with E-state index < -0.39 is 0 Å². The van der Waals surface area contributed by atoms with Gasteiger partial charge < -0.3 is 15.6 Å². The first kappa shape index (κ1) is 16.3. The fourth-order valence-electron chi connectivity index (χ4n) is 2.79. The van der Waals surface area contributed by atoms with Crippen LogP contribution in [-0.2, 0) is 16.1 Å². The number of carbonyl (C=O) groups excluding carboxylic acids is 2. The van der Waals surface area contributed by atoms with Crippen LogP contribution in [0.25, 0.3) is 22.4 Å². The summed E-state index contributed by atoms with van der Waals surface area (Å²) in [5, 5.41) is 5.48. The van der Waals surface area contributed by atoms with Gasteiger partial charge in [0.25, 0.3) is 0 Å². The first-order valence-corrected chi connectivity index (χ1v) is 8.77. The molecule has 1 fully saturated rings. The van der Waals surface area contributed by atoms with Crippen LogP contribution >= 0.6 is 0 Å². The summed E-state index contributed by atoms with van der Waals surface area (Å²) in [7, 11) is 0. The van der Waals surface area contributed by atoms with E-state index in [1.807, 2.05) is 48.5 Å². The van der Waals surface area contributed by atoms with Gasteiger partial charge in [-0.1, -0.05) is 36.4 Å². The van der Waals surface area contributed by atoms with E-state index in [4.69, 9.17) is 0 Å². The van der Waals surface area contributed by atoms with Gasteiger partial charge in [-0.3, -0.25) is 9.59 Å². The van der Waals surface area contributed by atoms with Crippen LogP contribution in [-0.4, -0.2) is 28.3 Å². The molecule has 0 bridgehead atoms. The molecule has 1 heterocycles. The highest BCUT2D eigenvalue weighted by Gasteiger charge is 2.29. The number of fused-ring (bicyclic) bond motifs is 1. The van der Waals surface area contributed by atoms with Crippen LogP contribution in [0.5, 0.6) is 0 Å². The van der Waals surface area contributed by atoms with Crippen molar-refractivity contribution in [3.63, 3.8) is 0 Å². The lowest BCUT2D eigenvalue weighted by molar-refractivity contribution is -0.126. The Morgan fingerprint density at radius 1 is 1.04 bits per heavy atom. The third-order valence-electron chi connectivity index (χ3n) is 4.48. The Balaban J connectivity index is 1.32. The van der Waals surface area contributed by atoms with Crippen molar-refractivity contribution < 1.29 is 9.59 Å². The minimum atomic E-state index is -0.180. The average Bonchev–Trinajstić information content (AvgIpc) is 3.43. The van der Waals surface area contributed by atoms with Crippen molar-refractivity contribution in [3.05, 3.63) is 54.1 Å². The van der Waals surface area contributed by atoms with Gasteiger partial charge in [-0.25, -0.2) is 4.98 Å². The van der Waals surface area contributed by atoms with Gasteiger partial charge in [0.05, 0.1) is 17.6 Å². The number of amides is 2. The third kappa shape index (κ3) is 3.74. The number of imidazole rings is 1. The van der Waals surface area contributed by atoms with Crippen molar-refractivity contribution in [3.8, 4) is 11.4 Å². The number of carbonyl (C=O) groups is 2. The molecule has 0 aliphatic heterocycles. The predicted octanol–water partition coefficient (Wildman–Crippen LogP) is 2.37. The molecule has 0 atom stereocenters. The molecule has 3 N–H and O–H groups in total. The van der Waals surface area contributed by atoms with E-state index >= 15 is 0 Å². The third-order valence-corrected chi connectivity index (χ3v) is 4.48. The number of rotatable bonds is 6. The first-order chi connectivity index (χ1) is 12.7. The predicted molar refractivity (Wildman–Crippen MR) is 99.1 cm³/mol. The number of aromatic nitrogens is 2. The summed E-state index contributed by atoms with van der Waals surface area (Å²) in [4.78, 5) is 31.2. The van der Waals surface area contributed by atoms with Crippen LogP contribution in [0, 0.1) is 5.92 Å². The monoisotopic (exact) mass is 348 g/mol. The van der Waals surface area contributed by atoms with Crippen molar-refractivity contribution in [1.82, 2.24) is 20.6 Å². The second-order valence-electron chi connectivity index (χ2n) is 6.57. The molecule has 1 saturated carbocycles. The van der Waals surface area contributed by atoms with Gasteiger partial charge >= 0.3 is 0 Å². The number of nitrogens with one attached hydrogen (secondary N) is 3. The zero-order valence-electron chi connectivity index (χ0n) is 14.3. The van der Waals surface area contributed by atoms with E-state index in [1.165, 1.54) is 0 Å². The molecule has 0 radical (unpaired) electrons. The highest BCUT2D eigenvalue weighted by molar-refractivity contribution is 5.86. The molecule has 2 aromatic carbocycles. The van der Waals surface area contributed by atoms with Crippen molar-refractivity contribution in [2.75, 3.05) is 6.54 Å². The molecule has 132 valence electrons. The quantitative estimate of drug-likeness (QED) is 0.639. The minimum absolute atomic E-state index is 0.0182. The lowest BCUT2D eigenvalue weighted by Crippen LogP contribution is -2.37. The Labute approximate surface area is 151 Å². The average molecular weight is 348 g/mol. The van der Waals surface area contributed by atoms with Gasteiger partial charge in [0.2, 0.25) is 11.8 Å². The Kier molecular flexibility index (Phi) is 4.39. The lowest BCUT2D eigenvalue weighted by atomic mass is 10.1. The van der Waals surface area contributed by atoms with Crippen LogP contribution in [0.1, 0.15) is 18.4 Å². The molecule has 1 aromatic heterocycles. The number of benzene rings is 2. The van der Waals surface area contributed by atoms with Crippen molar-refractivity contribution >= 4 is 22.8 Å². The molecule has 6 nitrogen and oxygen atoms in total. The molecule has 4 rings (SSSR count). The van der Waals surface area contributed by atoms with E-state index in [-0.39, 0.29) is 24.3 Å². The molecule has 0 saturated heterocycles. The lowest BCUT2D eigenvalue weighted by Gasteiger charge is -2.07. The smallest absolute Gasteiger partial charge is 0.239 e. The Morgan fingerprint density at radius 3 is 2.54 bits per heavy atom. The minimum Gasteiger partial charge on any atom is -0.350 e. The SMILES string of the molecule is O=C(CNC(=O)C1CC1)NCc1ccc(-c2nc3ccccc3[nH]2)cc1. The second kappa shape index (κ2) is 7.00. The molecule has 6 heteroatoms. The maximum absolute atomic E-state index is 11.8. The number of para-hydroxylation sites is 2. The highest BCUT2D eigenvalue weighted by atomic mass is 16.2. The van der Waals surface area contributed by atoms with Gasteiger partial charge in [-0.05, 0) is 30.5 Å². The van der Waals surface area contributed by atoms with Crippen LogP contribution in [0.15, 0.2) is 48.5 Å². The largest absolute Gasteiger partial charge is 0.350 e. The summed E-state index contributed by atoms with van der Waals surface area (Å²) >= 11 is 0. The van der Waals surface area contributed by atoms with Gasteiger partial charge in [0, 0.05) is 18.0 Å². The molecular weight excluding hydrogens is 328 g/mol. The van der Waals surface area contributed by atoms with E-state index in [0.29, 0.717) is 6.54 Å². The second-order valence-corrected chi connectivity index (χ2v) is 6.57. The number of hydrogen-bond donors (Lipinski definition) is 3. The molecule has 0 unspecified atom stereocenters. The summed E-state index contributed by atoms with van der Waals surface area (Å²) in [6.07, 6.45) is 1.87. The van der Waals surface area contributed by atoms with Gasteiger partial charge in [-0.15, -0.1) is 0 Å². The first-order valence-electron chi connectivity index (χ1n) is 8.77. The van der Waals surface area contributed by atoms with Gasteiger partial charge in [0.15, 0.2) is 0 Å². The summed E-state index contributed by atoms with van der Waals surface area (Å²) < 4.78 is 0. The summed E-state index contributed by atoms with van der Waals surface area (Å²) in [5.74, 6) is 0.744.